The van der Waals surface area contributed by atoms with Crippen LogP contribution in [0.2, 0.25) is 0 Å². The number of aliphatic hydroxyl groups is 1. The Morgan fingerprint density at radius 1 is 1.53 bits per heavy atom. The molecule has 0 amide bonds. The van der Waals surface area contributed by atoms with Crippen molar-refractivity contribution < 1.29 is 17.9 Å². The summed E-state index contributed by atoms with van der Waals surface area (Å²) >= 11 is 0. The van der Waals surface area contributed by atoms with Crippen LogP contribution in [0.25, 0.3) is 0 Å². The summed E-state index contributed by atoms with van der Waals surface area (Å²) in [6.45, 7) is 1.65. The largest absolute Gasteiger partial charge is 0.396 e. The van der Waals surface area contributed by atoms with E-state index in [9.17, 15) is 12.8 Å². The Morgan fingerprint density at radius 2 is 2.18 bits per heavy atom. The molecule has 96 valence electrons. The Hall–Kier alpha value is -1.18. The zero-order chi connectivity index (χ0) is 13.1. The van der Waals surface area contributed by atoms with Gasteiger partial charge in [0, 0.05) is 13.2 Å². The predicted molar refractivity (Wildman–Crippen MR) is 62.3 cm³/mol. The van der Waals surface area contributed by atoms with Crippen molar-refractivity contribution in [2.24, 2.45) is 5.92 Å². The molecule has 5 nitrogen and oxygen atoms in total. The lowest BCUT2D eigenvalue weighted by atomic mass is 10.2. The maximum absolute atomic E-state index is 13.1. The standard InChI is InChI=1S/C10H15FN2O3S/c1-7(6-14)5-13-17(15,16)8-2-3-10(12)9(11)4-8/h2-4,7,13-14H,5-6,12H2,1H3. The number of hydrogen-bond donors (Lipinski definition) is 3. The van der Waals surface area contributed by atoms with Gasteiger partial charge in [-0.3, -0.25) is 0 Å². The molecule has 0 aliphatic rings. The van der Waals surface area contributed by atoms with Gasteiger partial charge in [0.05, 0.1) is 10.6 Å². The van der Waals surface area contributed by atoms with Gasteiger partial charge in [-0.05, 0) is 24.1 Å². The van der Waals surface area contributed by atoms with Gasteiger partial charge in [-0.2, -0.15) is 0 Å². The maximum atomic E-state index is 13.1. The van der Waals surface area contributed by atoms with Crippen molar-refractivity contribution in [1.29, 1.82) is 0 Å². The number of nitrogen functional groups attached to an aromatic ring is 1. The summed E-state index contributed by atoms with van der Waals surface area (Å²) < 4.78 is 38.8. The molecule has 0 saturated carbocycles. The van der Waals surface area contributed by atoms with Gasteiger partial charge in [0.2, 0.25) is 10.0 Å². The first-order chi connectivity index (χ1) is 7.86. The third kappa shape index (κ3) is 3.65. The van der Waals surface area contributed by atoms with E-state index in [1.165, 1.54) is 12.1 Å². The van der Waals surface area contributed by atoms with Gasteiger partial charge < -0.3 is 10.8 Å². The second-order valence-corrected chi connectivity index (χ2v) is 5.59. The molecule has 1 atom stereocenters. The summed E-state index contributed by atoms with van der Waals surface area (Å²) in [5.41, 5.74) is 5.15. The average Bonchev–Trinajstić information content (AvgIpc) is 2.29. The smallest absolute Gasteiger partial charge is 0.240 e. The highest BCUT2D eigenvalue weighted by Gasteiger charge is 2.16. The predicted octanol–water partition coefficient (Wildman–Crippen LogP) is 0.315. The molecular formula is C10H15FN2O3S. The van der Waals surface area contributed by atoms with E-state index in [2.05, 4.69) is 4.72 Å². The average molecular weight is 262 g/mol. The van der Waals surface area contributed by atoms with Crippen LogP contribution in [0.15, 0.2) is 23.1 Å². The fraction of sp³-hybridized carbons (Fsp3) is 0.400. The van der Waals surface area contributed by atoms with E-state index < -0.39 is 15.8 Å². The molecule has 4 N–H and O–H groups in total. The minimum absolute atomic E-state index is 0.0881. The number of hydrogen-bond acceptors (Lipinski definition) is 4. The highest BCUT2D eigenvalue weighted by atomic mass is 32.2. The third-order valence-corrected chi connectivity index (χ3v) is 3.64. The number of nitrogens with two attached hydrogens (primary N) is 1. The second-order valence-electron chi connectivity index (χ2n) is 3.82. The summed E-state index contributed by atoms with van der Waals surface area (Å²) in [5, 5.41) is 8.77. The van der Waals surface area contributed by atoms with E-state index in [1.807, 2.05) is 0 Å². The fourth-order valence-corrected chi connectivity index (χ4v) is 2.25. The van der Waals surface area contributed by atoms with Crippen LogP contribution in [-0.4, -0.2) is 26.7 Å². The van der Waals surface area contributed by atoms with E-state index in [4.69, 9.17) is 10.8 Å². The Balaban J connectivity index is 2.86. The van der Waals surface area contributed by atoms with Gasteiger partial charge >= 0.3 is 0 Å². The first-order valence-corrected chi connectivity index (χ1v) is 6.50. The van der Waals surface area contributed by atoms with Gasteiger partial charge in [0.25, 0.3) is 0 Å². The highest BCUT2D eigenvalue weighted by molar-refractivity contribution is 7.89. The summed E-state index contributed by atoms with van der Waals surface area (Å²) in [6.07, 6.45) is 0. The Bertz CT molecular complexity index is 490. The van der Waals surface area contributed by atoms with Crippen molar-refractivity contribution >= 4 is 15.7 Å². The summed E-state index contributed by atoms with van der Waals surface area (Å²) in [4.78, 5) is -0.186. The van der Waals surface area contributed by atoms with Crippen molar-refractivity contribution in [2.45, 2.75) is 11.8 Å². The second kappa shape index (κ2) is 5.44. The van der Waals surface area contributed by atoms with Crippen LogP contribution in [0.5, 0.6) is 0 Å². The molecular weight excluding hydrogens is 247 g/mol. The number of aliphatic hydroxyl groups excluding tert-OH is 1. The quantitative estimate of drug-likeness (QED) is 0.666. The molecule has 0 aromatic heterocycles. The normalized spacial score (nSPS) is 13.6. The molecule has 0 bridgehead atoms. The minimum Gasteiger partial charge on any atom is -0.396 e. The molecule has 0 aliphatic heterocycles. The Labute approximate surface area is 99.5 Å². The van der Waals surface area contributed by atoms with Gasteiger partial charge in [-0.15, -0.1) is 0 Å². The third-order valence-electron chi connectivity index (χ3n) is 2.22. The number of rotatable bonds is 5. The molecule has 7 heteroatoms. The van der Waals surface area contributed by atoms with Crippen LogP contribution in [0, 0.1) is 11.7 Å². The summed E-state index contributed by atoms with van der Waals surface area (Å²) in [5.74, 6) is -0.980. The van der Waals surface area contributed by atoms with E-state index in [1.54, 1.807) is 6.92 Å². The topological polar surface area (TPSA) is 92.4 Å². The lowest BCUT2D eigenvalue weighted by Crippen LogP contribution is -2.29. The number of benzene rings is 1. The van der Waals surface area contributed by atoms with E-state index in [-0.39, 0.29) is 29.7 Å². The van der Waals surface area contributed by atoms with Crippen LogP contribution >= 0.6 is 0 Å². The Morgan fingerprint density at radius 3 is 2.71 bits per heavy atom. The van der Waals surface area contributed by atoms with Crippen molar-refractivity contribution in [3.05, 3.63) is 24.0 Å². The van der Waals surface area contributed by atoms with E-state index >= 15 is 0 Å². The number of halogens is 1. The molecule has 1 aromatic rings. The van der Waals surface area contributed by atoms with Crippen LogP contribution in [0.1, 0.15) is 6.92 Å². The maximum Gasteiger partial charge on any atom is 0.240 e. The molecule has 1 aromatic carbocycles. The van der Waals surface area contributed by atoms with Crippen molar-refractivity contribution in [3.8, 4) is 0 Å². The van der Waals surface area contributed by atoms with Crippen LogP contribution in [-0.2, 0) is 10.0 Å². The van der Waals surface area contributed by atoms with E-state index in [0.29, 0.717) is 0 Å². The van der Waals surface area contributed by atoms with E-state index in [0.717, 1.165) is 6.07 Å². The molecule has 0 saturated heterocycles. The number of sulfonamides is 1. The van der Waals surface area contributed by atoms with Crippen molar-refractivity contribution in [1.82, 2.24) is 4.72 Å². The van der Waals surface area contributed by atoms with Gasteiger partial charge in [0.15, 0.2) is 0 Å². The summed E-state index contributed by atoms with van der Waals surface area (Å²) in [6, 6.07) is 3.28. The van der Waals surface area contributed by atoms with Crippen molar-refractivity contribution in [3.63, 3.8) is 0 Å². The van der Waals surface area contributed by atoms with Gasteiger partial charge in [-0.1, -0.05) is 6.92 Å². The molecule has 0 heterocycles. The van der Waals surface area contributed by atoms with Crippen molar-refractivity contribution in [2.75, 3.05) is 18.9 Å². The highest BCUT2D eigenvalue weighted by Crippen LogP contribution is 2.16. The monoisotopic (exact) mass is 262 g/mol. The first kappa shape index (κ1) is 13.9. The molecule has 17 heavy (non-hydrogen) atoms. The molecule has 0 spiro atoms. The zero-order valence-corrected chi connectivity index (χ0v) is 10.2. The summed E-state index contributed by atoms with van der Waals surface area (Å²) in [7, 11) is -3.76. The molecule has 0 aliphatic carbocycles. The van der Waals surface area contributed by atoms with Crippen LogP contribution in [0.4, 0.5) is 10.1 Å². The lowest BCUT2D eigenvalue weighted by molar-refractivity contribution is 0.238. The van der Waals surface area contributed by atoms with Crippen LogP contribution < -0.4 is 10.5 Å². The SMILES string of the molecule is CC(CO)CNS(=O)(=O)c1ccc(N)c(F)c1. The first-order valence-electron chi connectivity index (χ1n) is 5.02. The minimum atomic E-state index is -3.76. The molecule has 1 rings (SSSR count). The molecule has 0 radical (unpaired) electrons. The fourth-order valence-electron chi connectivity index (χ4n) is 1.07. The van der Waals surface area contributed by atoms with Gasteiger partial charge in [0.1, 0.15) is 5.82 Å². The Kier molecular flexibility index (Phi) is 4.44. The lowest BCUT2D eigenvalue weighted by Gasteiger charge is -2.10. The van der Waals surface area contributed by atoms with Crippen LogP contribution in [0.3, 0.4) is 0 Å². The zero-order valence-electron chi connectivity index (χ0n) is 9.35. The molecule has 1 unspecified atom stereocenters. The number of anilines is 1. The molecule has 0 fully saturated rings. The van der Waals surface area contributed by atoms with Gasteiger partial charge in [-0.25, -0.2) is 17.5 Å². The number of nitrogens with one attached hydrogen (secondary N) is 1.